The highest BCUT2D eigenvalue weighted by Crippen LogP contribution is 2.29. The van der Waals surface area contributed by atoms with E-state index in [2.05, 4.69) is 17.4 Å². The number of ether oxygens (including phenoxy) is 1. The number of aryl methyl sites for hydroxylation is 2. The first-order valence-electron chi connectivity index (χ1n) is 11.4. The minimum atomic E-state index is -3.48. The van der Waals surface area contributed by atoms with Gasteiger partial charge in [0.25, 0.3) is 5.91 Å². The van der Waals surface area contributed by atoms with Gasteiger partial charge in [0.1, 0.15) is 5.75 Å². The van der Waals surface area contributed by atoms with E-state index in [1.165, 1.54) is 21.7 Å². The lowest BCUT2D eigenvalue weighted by atomic mass is 9.88. The predicted octanol–water partition coefficient (Wildman–Crippen LogP) is 4.53. The number of hydrogen-bond acceptors (Lipinski definition) is 4. The number of amides is 1. The topological polar surface area (TPSA) is 75.7 Å². The van der Waals surface area contributed by atoms with Gasteiger partial charge in [0.15, 0.2) is 6.61 Å². The Hall–Kier alpha value is -3.32. The molecule has 1 aliphatic rings. The molecule has 6 nitrogen and oxygen atoms in total. The van der Waals surface area contributed by atoms with E-state index in [9.17, 15) is 13.2 Å². The third-order valence-electron chi connectivity index (χ3n) is 6.05. The SMILES string of the molecule is Cc1ccc(CN(c2ccc(OCC(=O)N[C@H]3CCCc4ccccc43)cc2)S(C)(=O)=O)cc1. The number of sulfonamides is 1. The highest BCUT2D eigenvalue weighted by atomic mass is 32.2. The number of fused-ring (bicyclic) bond motifs is 1. The number of anilines is 1. The summed E-state index contributed by atoms with van der Waals surface area (Å²) in [7, 11) is -3.48. The van der Waals surface area contributed by atoms with Crippen LogP contribution in [0.15, 0.2) is 72.8 Å². The third kappa shape index (κ3) is 5.97. The lowest BCUT2D eigenvalue weighted by molar-refractivity contribution is -0.123. The fraction of sp³-hybridized carbons (Fsp3) is 0.296. The summed E-state index contributed by atoms with van der Waals surface area (Å²) in [6.45, 7) is 2.13. The van der Waals surface area contributed by atoms with E-state index >= 15 is 0 Å². The number of nitrogens with one attached hydrogen (secondary N) is 1. The average molecular weight is 479 g/mol. The van der Waals surface area contributed by atoms with E-state index in [4.69, 9.17) is 4.74 Å². The molecule has 0 radical (unpaired) electrons. The van der Waals surface area contributed by atoms with E-state index in [1.54, 1.807) is 24.3 Å². The summed E-state index contributed by atoms with van der Waals surface area (Å²) in [5, 5.41) is 3.07. The van der Waals surface area contributed by atoms with Crippen LogP contribution in [0.5, 0.6) is 5.75 Å². The second-order valence-corrected chi connectivity index (χ2v) is 10.7. The van der Waals surface area contributed by atoms with Crippen molar-refractivity contribution in [2.45, 2.75) is 38.8 Å². The van der Waals surface area contributed by atoms with Crippen molar-refractivity contribution in [2.75, 3.05) is 17.2 Å². The van der Waals surface area contributed by atoms with Gasteiger partial charge in [-0.25, -0.2) is 8.42 Å². The van der Waals surface area contributed by atoms with Gasteiger partial charge in [-0.3, -0.25) is 9.10 Å². The molecule has 0 saturated carbocycles. The maximum absolute atomic E-state index is 12.5. The van der Waals surface area contributed by atoms with E-state index in [-0.39, 0.29) is 25.1 Å². The van der Waals surface area contributed by atoms with Crippen molar-refractivity contribution in [1.82, 2.24) is 5.32 Å². The summed E-state index contributed by atoms with van der Waals surface area (Å²) in [4.78, 5) is 12.5. The van der Waals surface area contributed by atoms with Crippen molar-refractivity contribution in [1.29, 1.82) is 0 Å². The fourth-order valence-corrected chi connectivity index (χ4v) is 5.14. The van der Waals surface area contributed by atoms with E-state index in [1.807, 2.05) is 43.3 Å². The van der Waals surface area contributed by atoms with Crippen molar-refractivity contribution in [3.05, 3.63) is 95.1 Å². The molecule has 4 rings (SSSR count). The molecule has 0 fully saturated rings. The molecule has 1 atom stereocenters. The van der Waals surface area contributed by atoms with Crippen LogP contribution in [-0.4, -0.2) is 27.2 Å². The van der Waals surface area contributed by atoms with Gasteiger partial charge in [0.05, 0.1) is 24.5 Å². The lowest BCUT2D eigenvalue weighted by Crippen LogP contribution is -2.34. The molecule has 1 N–H and O–H groups in total. The zero-order valence-corrected chi connectivity index (χ0v) is 20.3. The monoisotopic (exact) mass is 478 g/mol. The second kappa shape index (κ2) is 10.3. The van der Waals surface area contributed by atoms with E-state index < -0.39 is 10.0 Å². The fourth-order valence-electron chi connectivity index (χ4n) is 4.26. The Morgan fingerprint density at radius 3 is 2.44 bits per heavy atom. The number of rotatable bonds is 8. The van der Waals surface area contributed by atoms with Crippen LogP contribution < -0.4 is 14.4 Å². The van der Waals surface area contributed by atoms with Gasteiger partial charge in [-0.05, 0) is 67.1 Å². The van der Waals surface area contributed by atoms with Crippen LogP contribution in [0.4, 0.5) is 5.69 Å². The summed E-state index contributed by atoms with van der Waals surface area (Å²) in [5.41, 5.74) is 5.03. The van der Waals surface area contributed by atoms with Gasteiger partial charge >= 0.3 is 0 Å². The van der Waals surface area contributed by atoms with Crippen molar-refractivity contribution in [2.24, 2.45) is 0 Å². The quantitative estimate of drug-likeness (QED) is 0.516. The normalized spacial score (nSPS) is 15.3. The van der Waals surface area contributed by atoms with Crippen LogP contribution in [0, 0.1) is 6.92 Å². The first-order chi connectivity index (χ1) is 16.3. The largest absolute Gasteiger partial charge is 0.484 e. The van der Waals surface area contributed by atoms with Crippen LogP contribution in [0.25, 0.3) is 0 Å². The Morgan fingerprint density at radius 2 is 1.74 bits per heavy atom. The van der Waals surface area contributed by atoms with Gasteiger partial charge in [-0.15, -0.1) is 0 Å². The Morgan fingerprint density at radius 1 is 1.03 bits per heavy atom. The first kappa shape index (κ1) is 23.8. The molecule has 0 heterocycles. The minimum absolute atomic E-state index is 0.00789. The molecular weight excluding hydrogens is 448 g/mol. The first-order valence-corrected chi connectivity index (χ1v) is 13.3. The maximum Gasteiger partial charge on any atom is 0.258 e. The summed E-state index contributed by atoms with van der Waals surface area (Å²) in [6.07, 6.45) is 4.20. The highest BCUT2D eigenvalue weighted by Gasteiger charge is 2.22. The summed E-state index contributed by atoms with van der Waals surface area (Å²) in [6, 6.07) is 22.8. The predicted molar refractivity (Wildman–Crippen MR) is 134 cm³/mol. The van der Waals surface area contributed by atoms with Gasteiger partial charge < -0.3 is 10.1 Å². The molecule has 0 saturated heterocycles. The maximum atomic E-state index is 12.5. The zero-order chi connectivity index (χ0) is 24.1. The molecule has 3 aromatic carbocycles. The Kier molecular flexibility index (Phi) is 7.22. The molecule has 7 heteroatoms. The summed E-state index contributed by atoms with van der Waals surface area (Å²) < 4.78 is 31.9. The highest BCUT2D eigenvalue weighted by molar-refractivity contribution is 7.92. The van der Waals surface area contributed by atoms with E-state index in [0.29, 0.717) is 11.4 Å². The molecule has 0 aliphatic heterocycles. The molecule has 1 amide bonds. The van der Waals surface area contributed by atoms with Gasteiger partial charge in [0.2, 0.25) is 10.0 Å². The molecule has 1 aliphatic carbocycles. The standard InChI is InChI=1S/C27H30N2O4S/c1-20-10-12-21(13-11-20)18-29(34(2,31)32)23-14-16-24(17-15-23)33-19-27(30)28-26-9-5-7-22-6-3-4-8-25(22)26/h3-4,6,8,10-17,26H,5,7,9,18-19H2,1-2H3,(H,28,30)/t26-/m0/s1. The smallest absolute Gasteiger partial charge is 0.258 e. The molecule has 3 aromatic rings. The number of nitrogens with zero attached hydrogens (tertiary/aromatic N) is 1. The molecule has 0 bridgehead atoms. The molecular formula is C27H30N2O4S. The van der Waals surface area contributed by atoms with Crippen LogP contribution in [-0.2, 0) is 27.8 Å². The number of hydrogen-bond donors (Lipinski definition) is 1. The molecule has 0 spiro atoms. The van der Waals surface area contributed by atoms with Gasteiger partial charge in [-0.1, -0.05) is 54.1 Å². The third-order valence-corrected chi connectivity index (χ3v) is 7.19. The summed E-state index contributed by atoms with van der Waals surface area (Å²) in [5.74, 6) is 0.328. The lowest BCUT2D eigenvalue weighted by Gasteiger charge is -2.26. The molecule has 0 aromatic heterocycles. The number of benzene rings is 3. The minimum Gasteiger partial charge on any atom is -0.484 e. The van der Waals surface area contributed by atoms with Crippen LogP contribution >= 0.6 is 0 Å². The zero-order valence-electron chi connectivity index (χ0n) is 19.5. The van der Waals surface area contributed by atoms with Crippen molar-refractivity contribution < 1.29 is 17.9 Å². The average Bonchev–Trinajstić information content (AvgIpc) is 2.82. The van der Waals surface area contributed by atoms with Gasteiger partial charge in [0, 0.05) is 0 Å². The van der Waals surface area contributed by atoms with E-state index in [0.717, 1.165) is 30.4 Å². The Balaban J connectivity index is 1.37. The van der Waals surface area contributed by atoms with Crippen molar-refractivity contribution in [3.8, 4) is 5.75 Å². The van der Waals surface area contributed by atoms with Gasteiger partial charge in [-0.2, -0.15) is 0 Å². The molecule has 34 heavy (non-hydrogen) atoms. The second-order valence-electron chi connectivity index (χ2n) is 8.75. The Labute approximate surface area is 201 Å². The molecule has 0 unspecified atom stereocenters. The summed E-state index contributed by atoms with van der Waals surface area (Å²) >= 11 is 0. The molecule has 178 valence electrons. The van der Waals surface area contributed by atoms with Crippen molar-refractivity contribution >= 4 is 21.6 Å². The van der Waals surface area contributed by atoms with Crippen LogP contribution in [0.3, 0.4) is 0 Å². The number of carbonyl (C=O) groups excluding carboxylic acids is 1. The van der Waals surface area contributed by atoms with Crippen LogP contribution in [0.1, 0.15) is 41.1 Å². The Bertz CT molecular complexity index is 1240. The van der Waals surface area contributed by atoms with Crippen molar-refractivity contribution in [3.63, 3.8) is 0 Å². The number of carbonyl (C=O) groups is 1. The van der Waals surface area contributed by atoms with Crippen LogP contribution in [0.2, 0.25) is 0 Å².